The fourth-order valence-electron chi connectivity index (χ4n) is 9.73. The average Bonchev–Trinajstić information content (AvgIpc) is 3.05. The van der Waals surface area contributed by atoms with Crippen LogP contribution in [0.15, 0.2) is 0 Å². The van der Waals surface area contributed by atoms with E-state index < -0.39 is 11.2 Å². The molecule has 2 N–H and O–H groups in total. The molecular formula is C28H48O3. The summed E-state index contributed by atoms with van der Waals surface area (Å²) in [5.74, 6) is 4.31. The second-order valence-corrected chi connectivity index (χ2v) is 13.4. The van der Waals surface area contributed by atoms with Gasteiger partial charge in [0.1, 0.15) is 0 Å². The van der Waals surface area contributed by atoms with E-state index in [1.807, 2.05) is 0 Å². The van der Waals surface area contributed by atoms with Gasteiger partial charge in [0, 0.05) is 6.61 Å². The molecule has 4 aliphatic carbocycles. The van der Waals surface area contributed by atoms with Gasteiger partial charge in [-0.15, -0.1) is 0 Å². The molecule has 5 fully saturated rings. The maximum atomic E-state index is 10.8. The van der Waals surface area contributed by atoms with Crippen molar-refractivity contribution in [1.29, 1.82) is 0 Å². The molecule has 0 aromatic rings. The number of ether oxygens (including phenoxy) is 1. The molecule has 0 aromatic heterocycles. The van der Waals surface area contributed by atoms with Gasteiger partial charge in [0.2, 0.25) is 0 Å². The number of fused-ring (bicyclic) bond motifs is 5. The summed E-state index contributed by atoms with van der Waals surface area (Å²) >= 11 is 0. The molecular weight excluding hydrogens is 384 g/mol. The number of hydrogen-bond donors (Lipinski definition) is 2. The normalized spacial score (nSPS) is 54.7. The maximum absolute atomic E-state index is 10.8. The van der Waals surface area contributed by atoms with Crippen molar-refractivity contribution in [2.75, 3.05) is 13.2 Å². The van der Waals surface area contributed by atoms with Crippen molar-refractivity contribution >= 4 is 0 Å². The Balaban J connectivity index is 1.23. The van der Waals surface area contributed by atoms with Crippen molar-refractivity contribution in [2.24, 2.45) is 40.4 Å². The van der Waals surface area contributed by atoms with Crippen LogP contribution in [0.5, 0.6) is 0 Å². The third kappa shape index (κ3) is 3.93. The predicted octanol–water partition coefficient (Wildman–Crippen LogP) is 6.11. The van der Waals surface area contributed by atoms with Crippen molar-refractivity contribution < 1.29 is 14.9 Å². The minimum atomic E-state index is -0.552. The lowest BCUT2D eigenvalue weighted by atomic mass is 9.44. The first-order valence-corrected chi connectivity index (χ1v) is 13.7. The molecule has 3 heteroatoms. The van der Waals surface area contributed by atoms with E-state index in [9.17, 15) is 10.2 Å². The zero-order valence-corrected chi connectivity index (χ0v) is 20.5. The van der Waals surface area contributed by atoms with Crippen LogP contribution in [0.25, 0.3) is 0 Å². The Hall–Kier alpha value is -0.120. The molecule has 0 bridgehead atoms. The smallest absolute Gasteiger partial charge is 0.0881 e. The molecule has 4 saturated carbocycles. The molecule has 0 aromatic carbocycles. The van der Waals surface area contributed by atoms with E-state index in [0.29, 0.717) is 17.4 Å². The summed E-state index contributed by atoms with van der Waals surface area (Å²) in [5.41, 5.74) is 0.0150. The van der Waals surface area contributed by atoms with Gasteiger partial charge in [-0.2, -0.15) is 0 Å². The number of aliphatic hydroxyl groups is 2. The monoisotopic (exact) mass is 432 g/mol. The Kier molecular flexibility index (Phi) is 5.83. The zero-order valence-electron chi connectivity index (χ0n) is 20.5. The fraction of sp³-hybridized carbons (Fsp3) is 1.00. The van der Waals surface area contributed by atoms with Crippen molar-refractivity contribution in [2.45, 2.75) is 122 Å². The topological polar surface area (TPSA) is 49.7 Å². The first-order chi connectivity index (χ1) is 14.7. The van der Waals surface area contributed by atoms with E-state index in [-0.39, 0.29) is 0 Å². The second-order valence-electron chi connectivity index (χ2n) is 13.4. The molecule has 3 nitrogen and oxygen atoms in total. The molecule has 0 radical (unpaired) electrons. The van der Waals surface area contributed by atoms with Crippen LogP contribution in [0.4, 0.5) is 0 Å². The lowest BCUT2D eigenvalue weighted by Gasteiger charge is -2.62. The SMILES string of the molecule is CC12CCC3C(CCC4C[C@@](C)(O)CCC43C)C1CCC2CCCC1(O)CCCOC1. The Labute approximate surface area is 190 Å². The van der Waals surface area contributed by atoms with Crippen LogP contribution in [0.1, 0.15) is 111 Å². The third-order valence-corrected chi connectivity index (χ3v) is 11.6. The molecule has 8 unspecified atom stereocenters. The highest BCUT2D eigenvalue weighted by Crippen LogP contribution is 2.68. The molecule has 5 aliphatic rings. The van der Waals surface area contributed by atoms with E-state index in [4.69, 9.17) is 4.74 Å². The molecule has 0 spiro atoms. The summed E-state index contributed by atoms with van der Waals surface area (Å²) < 4.78 is 5.57. The predicted molar refractivity (Wildman–Crippen MR) is 125 cm³/mol. The molecule has 0 amide bonds. The molecule has 5 rings (SSSR count). The van der Waals surface area contributed by atoms with Gasteiger partial charge in [0.25, 0.3) is 0 Å². The van der Waals surface area contributed by atoms with Crippen LogP contribution in [0, 0.1) is 40.4 Å². The minimum Gasteiger partial charge on any atom is -0.390 e. The van der Waals surface area contributed by atoms with Gasteiger partial charge in [-0.05, 0) is 131 Å². The van der Waals surface area contributed by atoms with Crippen LogP contribution < -0.4 is 0 Å². The Morgan fingerprint density at radius 2 is 1.65 bits per heavy atom. The molecule has 9 atom stereocenters. The van der Waals surface area contributed by atoms with Crippen molar-refractivity contribution in [3.8, 4) is 0 Å². The zero-order chi connectivity index (χ0) is 21.9. The summed E-state index contributed by atoms with van der Waals surface area (Å²) in [4.78, 5) is 0. The minimum absolute atomic E-state index is 0.425. The Bertz CT molecular complexity index is 653. The lowest BCUT2D eigenvalue weighted by molar-refractivity contribution is -0.146. The van der Waals surface area contributed by atoms with Gasteiger partial charge in [-0.1, -0.05) is 20.3 Å². The summed E-state index contributed by atoms with van der Waals surface area (Å²) in [7, 11) is 0. The van der Waals surface area contributed by atoms with Crippen LogP contribution in [0.3, 0.4) is 0 Å². The lowest BCUT2D eigenvalue weighted by Crippen LogP contribution is -2.55. The average molecular weight is 433 g/mol. The van der Waals surface area contributed by atoms with Crippen molar-refractivity contribution in [3.63, 3.8) is 0 Å². The van der Waals surface area contributed by atoms with Crippen LogP contribution >= 0.6 is 0 Å². The van der Waals surface area contributed by atoms with E-state index in [0.717, 1.165) is 74.7 Å². The fourth-order valence-corrected chi connectivity index (χ4v) is 9.73. The Morgan fingerprint density at radius 1 is 0.839 bits per heavy atom. The third-order valence-electron chi connectivity index (χ3n) is 11.6. The number of hydrogen-bond acceptors (Lipinski definition) is 3. The van der Waals surface area contributed by atoms with E-state index >= 15 is 0 Å². The summed E-state index contributed by atoms with van der Waals surface area (Å²) in [6.07, 6.45) is 17.0. The van der Waals surface area contributed by atoms with E-state index in [2.05, 4.69) is 20.8 Å². The summed E-state index contributed by atoms with van der Waals surface area (Å²) in [5, 5.41) is 21.5. The second kappa shape index (κ2) is 7.98. The molecule has 31 heavy (non-hydrogen) atoms. The van der Waals surface area contributed by atoms with E-state index in [1.54, 1.807) is 0 Å². The van der Waals surface area contributed by atoms with Crippen LogP contribution in [-0.4, -0.2) is 34.6 Å². The molecule has 178 valence electrons. The van der Waals surface area contributed by atoms with Gasteiger partial charge in [0.05, 0.1) is 17.8 Å². The highest BCUT2D eigenvalue weighted by atomic mass is 16.5. The summed E-state index contributed by atoms with van der Waals surface area (Å²) in [6, 6.07) is 0. The molecule has 1 aliphatic heterocycles. The quantitative estimate of drug-likeness (QED) is 0.563. The van der Waals surface area contributed by atoms with Crippen LogP contribution in [0.2, 0.25) is 0 Å². The number of rotatable bonds is 4. The van der Waals surface area contributed by atoms with E-state index in [1.165, 1.54) is 51.4 Å². The van der Waals surface area contributed by atoms with Gasteiger partial charge in [-0.25, -0.2) is 0 Å². The van der Waals surface area contributed by atoms with Gasteiger partial charge < -0.3 is 14.9 Å². The highest BCUT2D eigenvalue weighted by Gasteiger charge is 2.60. The molecule has 1 saturated heterocycles. The van der Waals surface area contributed by atoms with Crippen molar-refractivity contribution in [3.05, 3.63) is 0 Å². The highest BCUT2D eigenvalue weighted by molar-refractivity contribution is 5.10. The molecule has 1 heterocycles. The first-order valence-electron chi connectivity index (χ1n) is 13.7. The largest absolute Gasteiger partial charge is 0.390 e. The van der Waals surface area contributed by atoms with Crippen LogP contribution in [-0.2, 0) is 4.74 Å². The van der Waals surface area contributed by atoms with Crippen molar-refractivity contribution in [1.82, 2.24) is 0 Å². The maximum Gasteiger partial charge on any atom is 0.0881 e. The standard InChI is InChI=1S/C28H48O3/c1-25(29)15-16-27(3)21(18-25)7-9-22-23-10-8-20(26(23,2)14-11-24(22)27)6-4-12-28(30)13-5-17-31-19-28/h20-24,29-30H,4-19H2,1-3H3/t20?,21?,22?,23?,24?,25-,26?,27?,28?/m0/s1. The van der Waals surface area contributed by atoms with Gasteiger partial charge in [0.15, 0.2) is 0 Å². The van der Waals surface area contributed by atoms with Gasteiger partial charge >= 0.3 is 0 Å². The Morgan fingerprint density at radius 3 is 2.42 bits per heavy atom. The first kappa shape index (κ1) is 22.7. The van der Waals surface area contributed by atoms with Gasteiger partial charge in [-0.3, -0.25) is 0 Å². The summed E-state index contributed by atoms with van der Waals surface area (Å²) in [6.45, 7) is 8.70.